The van der Waals surface area contributed by atoms with Crippen LogP contribution in [-0.4, -0.2) is 42.3 Å². The minimum atomic E-state index is -4.86. The van der Waals surface area contributed by atoms with Gasteiger partial charge in [0.25, 0.3) is 0 Å². The quantitative estimate of drug-likeness (QED) is 0.515. The van der Waals surface area contributed by atoms with Crippen LogP contribution in [0.3, 0.4) is 0 Å². The highest BCUT2D eigenvalue weighted by molar-refractivity contribution is 7.89. The Morgan fingerprint density at radius 1 is 1.03 bits per heavy atom. The topological polar surface area (TPSA) is 85.5 Å². The van der Waals surface area contributed by atoms with E-state index in [1.54, 1.807) is 12.1 Å². The summed E-state index contributed by atoms with van der Waals surface area (Å²) in [6.45, 7) is 0.316. The number of hydrogen-bond donors (Lipinski definition) is 0. The van der Waals surface area contributed by atoms with E-state index in [1.807, 2.05) is 0 Å². The van der Waals surface area contributed by atoms with E-state index in [0.29, 0.717) is 18.7 Å². The molecule has 32 heavy (non-hydrogen) atoms. The molecule has 7 nitrogen and oxygen atoms in total. The Hall–Kier alpha value is -2.99. The highest BCUT2D eigenvalue weighted by Crippen LogP contribution is 2.32. The fraction of sp³-hybridized carbons (Fsp3) is 0.300. The Balaban J connectivity index is 1.42. The van der Waals surface area contributed by atoms with Crippen LogP contribution in [0, 0.1) is 5.82 Å². The van der Waals surface area contributed by atoms with Crippen molar-refractivity contribution in [2.24, 2.45) is 0 Å². The molecule has 2 aromatic carbocycles. The van der Waals surface area contributed by atoms with Crippen LogP contribution in [0.1, 0.15) is 24.7 Å². The lowest BCUT2D eigenvalue weighted by atomic mass is 9.98. The van der Waals surface area contributed by atoms with Crippen LogP contribution < -0.4 is 4.74 Å². The second kappa shape index (κ2) is 8.51. The first-order valence-corrected chi connectivity index (χ1v) is 11.0. The predicted molar refractivity (Wildman–Crippen MR) is 104 cm³/mol. The monoisotopic (exact) mass is 471 g/mol. The molecule has 12 heteroatoms. The highest BCUT2D eigenvalue weighted by atomic mass is 32.2. The van der Waals surface area contributed by atoms with E-state index in [-0.39, 0.29) is 35.3 Å². The molecule has 0 aliphatic carbocycles. The third-order valence-corrected chi connectivity index (χ3v) is 6.97. The van der Waals surface area contributed by atoms with Gasteiger partial charge in [0.05, 0.1) is 10.5 Å². The summed E-state index contributed by atoms with van der Waals surface area (Å²) in [4.78, 5) is 4.12. The van der Waals surface area contributed by atoms with Crippen molar-refractivity contribution in [3.05, 3.63) is 60.2 Å². The van der Waals surface area contributed by atoms with Gasteiger partial charge in [-0.2, -0.15) is 9.29 Å². The molecule has 0 radical (unpaired) electrons. The third kappa shape index (κ3) is 4.75. The highest BCUT2D eigenvalue weighted by Gasteiger charge is 2.33. The molecule has 1 aromatic heterocycles. The van der Waals surface area contributed by atoms with E-state index in [0.717, 1.165) is 24.3 Å². The zero-order chi connectivity index (χ0) is 22.9. The minimum absolute atomic E-state index is 0.120. The van der Waals surface area contributed by atoms with Crippen molar-refractivity contribution in [2.75, 3.05) is 13.1 Å². The molecule has 0 unspecified atom stereocenters. The predicted octanol–water partition coefficient (Wildman–Crippen LogP) is 4.34. The van der Waals surface area contributed by atoms with Gasteiger partial charge >= 0.3 is 6.36 Å². The second-order valence-electron chi connectivity index (χ2n) is 7.13. The van der Waals surface area contributed by atoms with Gasteiger partial charge in [0.1, 0.15) is 11.6 Å². The van der Waals surface area contributed by atoms with Gasteiger partial charge in [0.15, 0.2) is 0 Å². The summed E-state index contributed by atoms with van der Waals surface area (Å²) in [7, 11) is -3.89. The standard InChI is InChI=1S/C20H17F4N3O4S/c21-17-4-2-1-3-16(17)18-25-19(31-26-18)13-9-11-27(12-10-13)32(28,29)15-7-5-14(6-8-15)30-20(22,23)24/h1-8,13H,9-12H2. The Kier molecular flexibility index (Phi) is 5.91. The van der Waals surface area contributed by atoms with Crippen LogP contribution in [0.25, 0.3) is 11.4 Å². The third-order valence-electron chi connectivity index (χ3n) is 5.05. The summed E-state index contributed by atoms with van der Waals surface area (Å²) in [5.74, 6) is -0.759. The van der Waals surface area contributed by atoms with Gasteiger partial charge in [-0.1, -0.05) is 17.3 Å². The van der Waals surface area contributed by atoms with E-state index in [9.17, 15) is 26.0 Å². The number of ether oxygens (including phenoxy) is 1. The molecule has 0 bridgehead atoms. The van der Waals surface area contributed by atoms with E-state index in [1.165, 1.54) is 16.4 Å². The average Bonchev–Trinajstić information content (AvgIpc) is 3.23. The van der Waals surface area contributed by atoms with Gasteiger partial charge in [-0.3, -0.25) is 0 Å². The normalized spacial score (nSPS) is 16.2. The van der Waals surface area contributed by atoms with Gasteiger partial charge in [-0.15, -0.1) is 13.2 Å². The van der Waals surface area contributed by atoms with E-state index < -0.39 is 28.0 Å². The number of sulfonamides is 1. The lowest BCUT2D eigenvalue weighted by Crippen LogP contribution is -2.37. The number of aromatic nitrogens is 2. The molecule has 170 valence electrons. The van der Waals surface area contributed by atoms with Gasteiger partial charge in [-0.25, -0.2) is 12.8 Å². The molecule has 3 aromatic rings. The van der Waals surface area contributed by atoms with Crippen LogP contribution in [-0.2, 0) is 10.0 Å². The van der Waals surface area contributed by atoms with Gasteiger partial charge in [0.2, 0.25) is 21.7 Å². The number of benzene rings is 2. The number of piperidine rings is 1. The Labute approximate surface area is 180 Å². The SMILES string of the molecule is O=S(=O)(c1ccc(OC(F)(F)F)cc1)N1CCC(c2nc(-c3ccccc3F)no2)CC1. The molecule has 2 heterocycles. The summed E-state index contributed by atoms with van der Waals surface area (Å²) >= 11 is 0. The van der Waals surface area contributed by atoms with Crippen LogP contribution in [0.5, 0.6) is 5.75 Å². The maximum atomic E-state index is 13.9. The summed E-state index contributed by atoms with van der Waals surface area (Å²) in [6, 6.07) is 10.1. The number of nitrogens with zero attached hydrogens (tertiary/aromatic N) is 3. The van der Waals surface area contributed by atoms with Crippen LogP contribution in [0.15, 0.2) is 57.9 Å². The molecule has 1 saturated heterocycles. The van der Waals surface area contributed by atoms with E-state index in [2.05, 4.69) is 14.9 Å². The summed E-state index contributed by atoms with van der Waals surface area (Å²) in [5, 5.41) is 3.82. The van der Waals surface area contributed by atoms with Crippen molar-refractivity contribution in [3.8, 4) is 17.1 Å². The number of halogens is 4. The van der Waals surface area contributed by atoms with Gasteiger partial charge in [0, 0.05) is 19.0 Å². The van der Waals surface area contributed by atoms with Crippen molar-refractivity contribution >= 4 is 10.0 Å². The van der Waals surface area contributed by atoms with Crippen molar-refractivity contribution in [1.82, 2.24) is 14.4 Å². The molecule has 0 spiro atoms. The fourth-order valence-corrected chi connectivity index (χ4v) is 4.93. The number of alkyl halides is 3. The lowest BCUT2D eigenvalue weighted by Gasteiger charge is -2.29. The van der Waals surface area contributed by atoms with E-state index >= 15 is 0 Å². The first-order valence-electron chi connectivity index (χ1n) is 9.58. The first kappa shape index (κ1) is 22.2. The Bertz CT molecular complexity index is 1190. The molecule has 4 rings (SSSR count). The summed E-state index contributed by atoms with van der Waals surface area (Å²) in [5.41, 5.74) is 0.209. The van der Waals surface area contributed by atoms with Gasteiger partial charge < -0.3 is 9.26 Å². The van der Waals surface area contributed by atoms with E-state index in [4.69, 9.17) is 4.52 Å². The molecular weight excluding hydrogens is 454 g/mol. The smallest absolute Gasteiger partial charge is 0.406 e. The largest absolute Gasteiger partial charge is 0.573 e. The minimum Gasteiger partial charge on any atom is -0.406 e. The molecule has 1 fully saturated rings. The average molecular weight is 471 g/mol. The zero-order valence-electron chi connectivity index (χ0n) is 16.4. The first-order chi connectivity index (χ1) is 15.1. The molecule has 0 N–H and O–H groups in total. The van der Waals surface area contributed by atoms with Gasteiger partial charge in [-0.05, 0) is 49.2 Å². The molecule has 0 amide bonds. The molecular formula is C20H17F4N3O4S. The Morgan fingerprint density at radius 3 is 2.31 bits per heavy atom. The summed E-state index contributed by atoms with van der Waals surface area (Å²) < 4.78 is 86.7. The Morgan fingerprint density at radius 2 is 1.69 bits per heavy atom. The molecule has 1 aliphatic rings. The van der Waals surface area contributed by atoms with Crippen molar-refractivity contribution in [2.45, 2.75) is 30.0 Å². The summed E-state index contributed by atoms with van der Waals surface area (Å²) in [6.07, 6.45) is -4.07. The lowest BCUT2D eigenvalue weighted by molar-refractivity contribution is -0.274. The number of hydrogen-bond acceptors (Lipinski definition) is 6. The maximum Gasteiger partial charge on any atom is 0.573 e. The second-order valence-corrected chi connectivity index (χ2v) is 9.07. The zero-order valence-corrected chi connectivity index (χ0v) is 17.2. The van der Waals surface area contributed by atoms with Crippen molar-refractivity contribution in [1.29, 1.82) is 0 Å². The van der Waals surface area contributed by atoms with Crippen LogP contribution in [0.2, 0.25) is 0 Å². The van der Waals surface area contributed by atoms with Crippen LogP contribution in [0.4, 0.5) is 17.6 Å². The fourth-order valence-electron chi connectivity index (χ4n) is 3.46. The molecule has 1 aliphatic heterocycles. The van der Waals surface area contributed by atoms with Crippen molar-refractivity contribution in [3.63, 3.8) is 0 Å². The van der Waals surface area contributed by atoms with Crippen molar-refractivity contribution < 1.29 is 35.2 Å². The number of rotatable bonds is 5. The maximum absolute atomic E-state index is 13.9. The van der Waals surface area contributed by atoms with Crippen LogP contribution >= 0.6 is 0 Å². The molecule has 0 saturated carbocycles. The molecule has 0 atom stereocenters.